The molecule has 7 heteroatoms. The summed E-state index contributed by atoms with van der Waals surface area (Å²) in [6.07, 6.45) is 3.36. The first-order valence-electron chi connectivity index (χ1n) is 12.9. The predicted octanol–water partition coefficient (Wildman–Crippen LogP) is 6.16. The van der Waals surface area contributed by atoms with E-state index in [1.54, 1.807) is 31.4 Å². The number of ether oxygens (including phenoxy) is 1. The van der Waals surface area contributed by atoms with Crippen molar-refractivity contribution in [3.8, 4) is 5.75 Å². The van der Waals surface area contributed by atoms with Gasteiger partial charge in [-0.3, -0.25) is 14.9 Å². The highest BCUT2D eigenvalue weighted by molar-refractivity contribution is 7.16. The molecule has 0 saturated heterocycles. The molecule has 1 atom stereocenters. The summed E-state index contributed by atoms with van der Waals surface area (Å²) in [4.78, 5) is 31.8. The third-order valence-corrected chi connectivity index (χ3v) is 8.03. The van der Waals surface area contributed by atoms with Crippen molar-refractivity contribution in [3.63, 3.8) is 0 Å². The molecule has 1 aliphatic rings. The fourth-order valence-electron chi connectivity index (χ4n) is 5.00. The van der Waals surface area contributed by atoms with E-state index in [9.17, 15) is 9.59 Å². The molecular weight excluding hydrogens is 494 g/mol. The zero-order valence-corrected chi connectivity index (χ0v) is 22.2. The molecule has 2 N–H and O–H groups in total. The van der Waals surface area contributed by atoms with Gasteiger partial charge in [0.25, 0.3) is 5.91 Å². The maximum absolute atomic E-state index is 13.3. The minimum absolute atomic E-state index is 0.00385. The van der Waals surface area contributed by atoms with E-state index in [4.69, 9.17) is 9.72 Å². The molecule has 0 bridgehead atoms. The summed E-state index contributed by atoms with van der Waals surface area (Å²) in [5.74, 6) is 0.378. The maximum Gasteiger partial charge on any atom is 0.257 e. The third kappa shape index (κ3) is 5.94. The van der Waals surface area contributed by atoms with Crippen molar-refractivity contribution < 1.29 is 14.3 Å². The average molecular weight is 526 g/mol. The Hall–Kier alpha value is -3.97. The Morgan fingerprint density at radius 3 is 2.26 bits per heavy atom. The number of carbonyl (C=O) groups is 2. The number of aryl methyl sites for hydroxylation is 1. The first kappa shape index (κ1) is 25.7. The highest BCUT2D eigenvalue weighted by Crippen LogP contribution is 2.37. The summed E-state index contributed by atoms with van der Waals surface area (Å²) in [5, 5.41) is 6.61. The molecule has 1 heterocycles. The van der Waals surface area contributed by atoms with E-state index < -0.39 is 0 Å². The second-order valence-corrected chi connectivity index (χ2v) is 10.5. The number of hydrogen-bond donors (Lipinski definition) is 2. The summed E-state index contributed by atoms with van der Waals surface area (Å²) >= 11 is 1.46. The third-order valence-electron chi connectivity index (χ3n) is 6.98. The normalized spacial score (nSPS) is 14.5. The number of carbonyl (C=O) groups excluding carboxylic acids is 2. The quantitative estimate of drug-likeness (QED) is 0.274. The van der Waals surface area contributed by atoms with Crippen molar-refractivity contribution in [3.05, 3.63) is 112 Å². The second kappa shape index (κ2) is 12.0. The highest BCUT2D eigenvalue weighted by atomic mass is 32.1. The van der Waals surface area contributed by atoms with Crippen LogP contribution in [0.4, 0.5) is 5.13 Å². The van der Waals surface area contributed by atoms with Crippen molar-refractivity contribution in [1.29, 1.82) is 0 Å². The van der Waals surface area contributed by atoms with E-state index in [-0.39, 0.29) is 23.7 Å². The first-order chi connectivity index (χ1) is 18.6. The van der Waals surface area contributed by atoms with Gasteiger partial charge in [-0.25, -0.2) is 4.98 Å². The number of benzene rings is 3. The topological polar surface area (TPSA) is 80.3 Å². The lowest BCUT2D eigenvalue weighted by molar-refractivity contribution is -0.122. The zero-order valence-electron chi connectivity index (χ0n) is 21.4. The number of rotatable bonds is 9. The summed E-state index contributed by atoms with van der Waals surface area (Å²) in [6, 6.07) is 27.8. The van der Waals surface area contributed by atoms with Crippen LogP contribution in [0, 0.1) is 0 Å². The largest absolute Gasteiger partial charge is 0.497 e. The van der Waals surface area contributed by atoms with Gasteiger partial charge in [0, 0.05) is 22.9 Å². The summed E-state index contributed by atoms with van der Waals surface area (Å²) < 4.78 is 5.16. The summed E-state index contributed by atoms with van der Waals surface area (Å²) in [7, 11) is 1.59. The number of amides is 2. The van der Waals surface area contributed by atoms with Crippen molar-refractivity contribution in [2.45, 2.75) is 37.5 Å². The van der Waals surface area contributed by atoms with Crippen LogP contribution in [0.3, 0.4) is 0 Å². The fraction of sp³-hybridized carbons (Fsp3) is 0.258. The van der Waals surface area contributed by atoms with E-state index in [0.717, 1.165) is 36.3 Å². The molecule has 0 spiro atoms. The zero-order chi connectivity index (χ0) is 26.3. The van der Waals surface area contributed by atoms with Gasteiger partial charge in [0.1, 0.15) is 5.75 Å². The number of nitrogens with one attached hydrogen (secondary N) is 2. The van der Waals surface area contributed by atoms with Crippen LogP contribution in [0.15, 0.2) is 84.9 Å². The van der Waals surface area contributed by atoms with Crippen LogP contribution in [0.25, 0.3) is 0 Å². The van der Waals surface area contributed by atoms with Crippen molar-refractivity contribution in [2.75, 3.05) is 19.0 Å². The Bertz CT molecular complexity index is 1330. The Labute approximate surface area is 227 Å². The minimum Gasteiger partial charge on any atom is -0.497 e. The van der Waals surface area contributed by atoms with Crippen LogP contribution in [0.1, 0.15) is 63.2 Å². The number of thiazole rings is 1. The van der Waals surface area contributed by atoms with Gasteiger partial charge in [-0.2, -0.15) is 0 Å². The monoisotopic (exact) mass is 525 g/mol. The SMILES string of the molecule is COc1ccc(C(=O)Nc2nc3c(s2)CCCC3C(=O)NCCC(c2ccccc2)c2ccccc2)cc1. The number of anilines is 1. The van der Waals surface area contributed by atoms with E-state index >= 15 is 0 Å². The van der Waals surface area contributed by atoms with Gasteiger partial charge in [0.15, 0.2) is 5.13 Å². The molecule has 6 nitrogen and oxygen atoms in total. The molecule has 4 aromatic rings. The number of fused-ring (bicyclic) bond motifs is 1. The van der Waals surface area contributed by atoms with E-state index in [0.29, 0.717) is 23.0 Å². The van der Waals surface area contributed by atoms with Crippen LogP contribution in [0.5, 0.6) is 5.75 Å². The summed E-state index contributed by atoms with van der Waals surface area (Å²) in [5.41, 5.74) is 3.81. The van der Waals surface area contributed by atoms with Crippen LogP contribution in [0.2, 0.25) is 0 Å². The van der Waals surface area contributed by atoms with E-state index in [2.05, 4.69) is 59.2 Å². The predicted molar refractivity (Wildman–Crippen MR) is 151 cm³/mol. The van der Waals surface area contributed by atoms with Crippen LogP contribution >= 0.6 is 11.3 Å². The minimum atomic E-state index is -0.298. The molecule has 0 aliphatic heterocycles. The van der Waals surface area contributed by atoms with Gasteiger partial charge in [-0.05, 0) is 61.1 Å². The molecule has 0 fully saturated rings. The van der Waals surface area contributed by atoms with Gasteiger partial charge in [0.05, 0.1) is 18.7 Å². The lowest BCUT2D eigenvalue weighted by Crippen LogP contribution is -2.32. The maximum atomic E-state index is 13.3. The van der Waals surface area contributed by atoms with Gasteiger partial charge >= 0.3 is 0 Å². The molecular formula is C31H31N3O3S. The number of methoxy groups -OCH3 is 1. The lowest BCUT2D eigenvalue weighted by Gasteiger charge is -2.22. The Morgan fingerprint density at radius 2 is 1.63 bits per heavy atom. The van der Waals surface area contributed by atoms with E-state index in [1.807, 2.05) is 12.1 Å². The highest BCUT2D eigenvalue weighted by Gasteiger charge is 2.30. The molecule has 0 saturated carbocycles. The average Bonchev–Trinajstić information content (AvgIpc) is 3.38. The molecule has 3 aromatic carbocycles. The smallest absolute Gasteiger partial charge is 0.257 e. The van der Waals surface area contributed by atoms with Crippen molar-refractivity contribution in [1.82, 2.24) is 10.3 Å². The number of aromatic nitrogens is 1. The Morgan fingerprint density at radius 1 is 0.974 bits per heavy atom. The van der Waals surface area contributed by atoms with Crippen LogP contribution < -0.4 is 15.4 Å². The van der Waals surface area contributed by atoms with Gasteiger partial charge < -0.3 is 10.1 Å². The molecule has 0 radical (unpaired) electrons. The van der Waals surface area contributed by atoms with Crippen LogP contribution in [-0.4, -0.2) is 30.5 Å². The van der Waals surface area contributed by atoms with Crippen LogP contribution in [-0.2, 0) is 11.2 Å². The fourth-order valence-corrected chi connectivity index (χ4v) is 6.06. The standard InChI is InChI=1S/C31H31N3O3S/c1-37-24-17-15-23(16-18-24)29(35)34-31-33-28-26(13-8-14-27(28)38-31)30(36)32-20-19-25(21-9-4-2-5-10-21)22-11-6-3-7-12-22/h2-7,9-12,15-18,25-26H,8,13-14,19-20H2,1H3,(H,32,36)(H,33,34,35). The number of nitrogens with zero attached hydrogens (tertiary/aromatic N) is 1. The molecule has 2 amide bonds. The molecule has 194 valence electrons. The molecule has 38 heavy (non-hydrogen) atoms. The summed E-state index contributed by atoms with van der Waals surface area (Å²) in [6.45, 7) is 0.574. The Kier molecular flexibility index (Phi) is 8.14. The first-order valence-corrected chi connectivity index (χ1v) is 13.8. The second-order valence-electron chi connectivity index (χ2n) is 9.41. The lowest BCUT2D eigenvalue weighted by atomic mass is 9.88. The molecule has 1 aliphatic carbocycles. The molecule has 1 aromatic heterocycles. The van der Waals surface area contributed by atoms with Crippen molar-refractivity contribution in [2.24, 2.45) is 0 Å². The van der Waals surface area contributed by atoms with Gasteiger partial charge in [-0.15, -0.1) is 11.3 Å². The Balaban J connectivity index is 1.23. The van der Waals surface area contributed by atoms with Gasteiger partial charge in [0.2, 0.25) is 5.91 Å². The van der Waals surface area contributed by atoms with E-state index in [1.165, 1.54) is 22.5 Å². The van der Waals surface area contributed by atoms with Gasteiger partial charge in [-0.1, -0.05) is 60.7 Å². The molecule has 1 unspecified atom stereocenters. The number of hydrogen-bond acceptors (Lipinski definition) is 5. The molecule has 5 rings (SSSR count). The van der Waals surface area contributed by atoms with Crippen molar-refractivity contribution >= 4 is 28.3 Å².